The van der Waals surface area contributed by atoms with Gasteiger partial charge in [0.2, 0.25) is 0 Å². The Kier molecular flexibility index (Phi) is 4.19. The second-order valence-corrected chi connectivity index (χ2v) is 5.70. The van der Waals surface area contributed by atoms with E-state index < -0.39 is 5.60 Å². The van der Waals surface area contributed by atoms with Gasteiger partial charge in [0, 0.05) is 6.04 Å². The molecule has 2 N–H and O–H groups in total. The van der Waals surface area contributed by atoms with Crippen molar-refractivity contribution in [3.8, 4) is 0 Å². The molecular weight excluding hydrogens is 206 g/mol. The van der Waals surface area contributed by atoms with E-state index in [9.17, 15) is 9.90 Å². The predicted molar refractivity (Wildman–Crippen MR) is 62.2 cm³/mol. The van der Waals surface area contributed by atoms with Gasteiger partial charge in [-0.15, -0.1) is 0 Å². The van der Waals surface area contributed by atoms with Crippen LogP contribution in [0.25, 0.3) is 0 Å². The van der Waals surface area contributed by atoms with Gasteiger partial charge in [-0.1, -0.05) is 6.92 Å². The van der Waals surface area contributed by atoms with Gasteiger partial charge in [0.1, 0.15) is 5.60 Å². The molecule has 1 rings (SSSR count). The Hall–Kier alpha value is -0.770. The van der Waals surface area contributed by atoms with Crippen molar-refractivity contribution in [3.63, 3.8) is 0 Å². The number of rotatable bonds is 1. The smallest absolute Gasteiger partial charge is 0.407 e. The molecule has 0 aromatic carbocycles. The Morgan fingerprint density at radius 2 is 2.00 bits per heavy atom. The van der Waals surface area contributed by atoms with Gasteiger partial charge in [0.15, 0.2) is 0 Å². The zero-order chi connectivity index (χ0) is 12.3. The first-order chi connectivity index (χ1) is 7.28. The molecule has 3 unspecified atom stereocenters. The first kappa shape index (κ1) is 13.3. The van der Waals surface area contributed by atoms with Crippen LogP contribution in [0.3, 0.4) is 0 Å². The topological polar surface area (TPSA) is 58.6 Å². The minimum Gasteiger partial charge on any atom is -0.444 e. The molecule has 0 spiro atoms. The van der Waals surface area contributed by atoms with Crippen LogP contribution in [0.15, 0.2) is 0 Å². The Bertz CT molecular complexity index is 247. The zero-order valence-corrected chi connectivity index (χ0v) is 10.6. The number of aliphatic hydroxyl groups is 1. The van der Waals surface area contributed by atoms with E-state index >= 15 is 0 Å². The van der Waals surface area contributed by atoms with Crippen LogP contribution in [0.2, 0.25) is 0 Å². The van der Waals surface area contributed by atoms with Gasteiger partial charge < -0.3 is 15.2 Å². The lowest BCUT2D eigenvalue weighted by Gasteiger charge is -2.32. The fourth-order valence-corrected chi connectivity index (χ4v) is 1.90. The average molecular weight is 229 g/mol. The number of ether oxygens (including phenoxy) is 1. The third kappa shape index (κ3) is 4.39. The maximum atomic E-state index is 11.5. The van der Waals surface area contributed by atoms with E-state index in [2.05, 4.69) is 5.32 Å². The molecule has 1 amide bonds. The summed E-state index contributed by atoms with van der Waals surface area (Å²) in [5.74, 6) is 0.330. The molecular formula is C12H23NO3. The van der Waals surface area contributed by atoms with Gasteiger partial charge in [-0.2, -0.15) is 0 Å². The largest absolute Gasteiger partial charge is 0.444 e. The lowest BCUT2D eigenvalue weighted by molar-refractivity contribution is 0.0370. The number of carbonyl (C=O) groups excluding carboxylic acids is 1. The molecule has 16 heavy (non-hydrogen) atoms. The molecule has 94 valence electrons. The zero-order valence-electron chi connectivity index (χ0n) is 10.6. The molecule has 1 fully saturated rings. The van der Waals surface area contributed by atoms with E-state index in [1.807, 2.05) is 27.7 Å². The van der Waals surface area contributed by atoms with E-state index in [1.54, 1.807) is 0 Å². The first-order valence-electron chi connectivity index (χ1n) is 5.95. The van der Waals surface area contributed by atoms with Gasteiger partial charge in [-0.3, -0.25) is 0 Å². The average Bonchev–Trinajstić information content (AvgIpc) is 2.08. The molecule has 0 aliphatic heterocycles. The van der Waals surface area contributed by atoms with Crippen molar-refractivity contribution in [2.24, 2.45) is 5.92 Å². The highest BCUT2D eigenvalue weighted by atomic mass is 16.6. The van der Waals surface area contributed by atoms with E-state index in [4.69, 9.17) is 4.74 Å². The van der Waals surface area contributed by atoms with Gasteiger partial charge >= 0.3 is 6.09 Å². The summed E-state index contributed by atoms with van der Waals surface area (Å²) in [7, 11) is 0. The molecule has 0 heterocycles. The minimum atomic E-state index is -0.468. The van der Waals surface area contributed by atoms with Crippen molar-refractivity contribution in [3.05, 3.63) is 0 Å². The number of alkyl carbamates (subject to hydrolysis) is 1. The van der Waals surface area contributed by atoms with Gasteiger partial charge in [-0.05, 0) is 46.0 Å². The highest BCUT2D eigenvalue weighted by Crippen LogP contribution is 2.24. The summed E-state index contributed by atoms with van der Waals surface area (Å²) in [4.78, 5) is 11.5. The molecule has 0 aromatic rings. The third-order valence-electron chi connectivity index (χ3n) is 2.87. The van der Waals surface area contributed by atoms with Crippen molar-refractivity contribution < 1.29 is 14.6 Å². The fourth-order valence-electron chi connectivity index (χ4n) is 1.90. The van der Waals surface area contributed by atoms with Crippen LogP contribution in [-0.4, -0.2) is 28.9 Å². The summed E-state index contributed by atoms with van der Waals surface area (Å²) in [5, 5.41) is 12.5. The Labute approximate surface area is 97.4 Å². The number of aliphatic hydroxyl groups excluding tert-OH is 1. The SMILES string of the molecule is CC1CCC(NC(=O)OC(C)(C)C)CC1O. The number of nitrogens with one attached hydrogen (secondary N) is 1. The number of carbonyl (C=O) groups is 1. The maximum Gasteiger partial charge on any atom is 0.407 e. The molecule has 0 bridgehead atoms. The van der Waals surface area contributed by atoms with Crippen LogP contribution in [0, 0.1) is 5.92 Å². The van der Waals surface area contributed by atoms with Crippen LogP contribution in [-0.2, 0) is 4.74 Å². The van der Waals surface area contributed by atoms with Crippen molar-refractivity contribution >= 4 is 6.09 Å². The summed E-state index contributed by atoms with van der Waals surface area (Å²) in [5.41, 5.74) is -0.468. The van der Waals surface area contributed by atoms with E-state index in [0.29, 0.717) is 12.3 Å². The summed E-state index contributed by atoms with van der Waals surface area (Å²) in [6.45, 7) is 7.55. The molecule has 0 aromatic heterocycles. The second-order valence-electron chi connectivity index (χ2n) is 5.70. The molecule has 3 atom stereocenters. The Balaban J connectivity index is 2.35. The highest BCUT2D eigenvalue weighted by molar-refractivity contribution is 5.68. The van der Waals surface area contributed by atoms with Crippen molar-refractivity contribution in [2.75, 3.05) is 0 Å². The minimum absolute atomic E-state index is 0.0426. The predicted octanol–water partition coefficient (Wildman–Crippen LogP) is 2.06. The Morgan fingerprint density at radius 1 is 1.38 bits per heavy atom. The lowest BCUT2D eigenvalue weighted by atomic mass is 9.85. The monoisotopic (exact) mass is 229 g/mol. The van der Waals surface area contributed by atoms with Crippen LogP contribution in [0.5, 0.6) is 0 Å². The lowest BCUT2D eigenvalue weighted by Crippen LogP contribution is -2.44. The summed E-state index contributed by atoms with van der Waals surface area (Å²) >= 11 is 0. The van der Waals surface area contributed by atoms with Gasteiger partial charge in [0.25, 0.3) is 0 Å². The van der Waals surface area contributed by atoms with E-state index in [1.165, 1.54) is 0 Å². The molecule has 1 aliphatic rings. The fraction of sp³-hybridized carbons (Fsp3) is 0.917. The number of hydrogen-bond acceptors (Lipinski definition) is 3. The van der Waals surface area contributed by atoms with Crippen molar-refractivity contribution in [2.45, 2.75) is 64.7 Å². The second kappa shape index (κ2) is 5.04. The Morgan fingerprint density at radius 3 is 2.50 bits per heavy atom. The maximum absolute atomic E-state index is 11.5. The quantitative estimate of drug-likeness (QED) is 0.723. The number of hydrogen-bond donors (Lipinski definition) is 2. The summed E-state index contributed by atoms with van der Waals surface area (Å²) in [6, 6.07) is 0.0426. The standard InChI is InChI=1S/C12H23NO3/c1-8-5-6-9(7-10(8)14)13-11(15)16-12(2,3)4/h8-10,14H,5-7H2,1-4H3,(H,13,15). The molecule has 1 aliphatic carbocycles. The van der Waals surface area contributed by atoms with Crippen molar-refractivity contribution in [1.82, 2.24) is 5.32 Å². The van der Waals surface area contributed by atoms with Crippen LogP contribution >= 0.6 is 0 Å². The normalized spacial score (nSPS) is 30.9. The van der Waals surface area contributed by atoms with E-state index in [0.717, 1.165) is 12.8 Å². The summed E-state index contributed by atoms with van der Waals surface area (Å²) in [6.07, 6.45) is 1.78. The molecule has 0 radical (unpaired) electrons. The molecule has 4 heteroatoms. The van der Waals surface area contributed by atoms with Gasteiger partial charge in [0.05, 0.1) is 6.10 Å². The van der Waals surface area contributed by atoms with E-state index in [-0.39, 0.29) is 18.2 Å². The third-order valence-corrected chi connectivity index (χ3v) is 2.87. The molecule has 0 saturated heterocycles. The van der Waals surface area contributed by atoms with Gasteiger partial charge in [-0.25, -0.2) is 4.79 Å². The molecule has 4 nitrogen and oxygen atoms in total. The molecule has 1 saturated carbocycles. The van der Waals surface area contributed by atoms with Crippen LogP contribution < -0.4 is 5.32 Å². The summed E-state index contributed by atoms with van der Waals surface area (Å²) < 4.78 is 5.17. The first-order valence-corrected chi connectivity index (χ1v) is 5.95. The van der Waals surface area contributed by atoms with Crippen molar-refractivity contribution in [1.29, 1.82) is 0 Å². The number of amides is 1. The van der Waals surface area contributed by atoms with Crippen LogP contribution in [0.4, 0.5) is 4.79 Å². The van der Waals surface area contributed by atoms with Crippen LogP contribution in [0.1, 0.15) is 47.0 Å². The highest BCUT2D eigenvalue weighted by Gasteiger charge is 2.28.